The van der Waals surface area contributed by atoms with Crippen LogP contribution in [0.15, 0.2) is 36.0 Å². The zero-order valence-corrected chi connectivity index (χ0v) is 11.8. The zero-order chi connectivity index (χ0) is 13.8. The maximum Gasteiger partial charge on any atom is 0.261 e. The zero-order valence-electron chi connectivity index (χ0n) is 11.0. The fraction of sp³-hybridized carbons (Fsp3) is 0.357. The van der Waals surface area contributed by atoms with Crippen LogP contribution in [0.4, 0.5) is 5.95 Å². The lowest BCUT2D eigenvalue weighted by molar-refractivity contribution is 0.0937. The molecule has 0 spiro atoms. The molecule has 2 aromatic rings. The van der Waals surface area contributed by atoms with Gasteiger partial charge in [0.2, 0.25) is 5.95 Å². The predicted octanol–water partition coefficient (Wildman–Crippen LogP) is 1.94. The Kier molecular flexibility index (Phi) is 3.92. The van der Waals surface area contributed by atoms with Gasteiger partial charge in [0.1, 0.15) is 0 Å². The van der Waals surface area contributed by atoms with Crippen molar-refractivity contribution in [3.05, 3.63) is 40.8 Å². The van der Waals surface area contributed by atoms with Gasteiger partial charge in [-0.15, -0.1) is 11.3 Å². The van der Waals surface area contributed by atoms with Crippen molar-refractivity contribution in [1.82, 2.24) is 15.3 Å². The number of nitrogens with zero attached hydrogens (tertiary/aromatic N) is 3. The summed E-state index contributed by atoms with van der Waals surface area (Å²) in [6.07, 6.45) is 5.53. The molecule has 1 saturated heterocycles. The maximum absolute atomic E-state index is 12.1. The largest absolute Gasteiger partial charge is 0.347 e. The molecule has 0 aromatic carbocycles. The molecule has 1 aliphatic rings. The van der Waals surface area contributed by atoms with E-state index in [0.29, 0.717) is 0 Å². The number of carbonyl (C=O) groups is 1. The van der Waals surface area contributed by atoms with Crippen LogP contribution in [0.1, 0.15) is 22.5 Å². The summed E-state index contributed by atoms with van der Waals surface area (Å²) in [5.74, 6) is 0.753. The summed E-state index contributed by atoms with van der Waals surface area (Å²) in [5, 5.41) is 5.01. The third-order valence-corrected chi connectivity index (χ3v) is 4.21. The average Bonchev–Trinajstić information content (AvgIpc) is 3.03. The molecular weight excluding hydrogens is 272 g/mol. The first-order valence-electron chi connectivity index (χ1n) is 6.69. The summed E-state index contributed by atoms with van der Waals surface area (Å²) < 4.78 is 0. The summed E-state index contributed by atoms with van der Waals surface area (Å²) in [6, 6.07) is 5.71. The van der Waals surface area contributed by atoms with Crippen LogP contribution in [0.25, 0.3) is 0 Å². The highest BCUT2D eigenvalue weighted by Crippen LogP contribution is 2.16. The van der Waals surface area contributed by atoms with E-state index in [2.05, 4.69) is 20.2 Å². The molecule has 0 bridgehead atoms. The first kappa shape index (κ1) is 13.1. The summed E-state index contributed by atoms with van der Waals surface area (Å²) in [4.78, 5) is 23.5. The smallest absolute Gasteiger partial charge is 0.261 e. The van der Waals surface area contributed by atoms with Gasteiger partial charge in [-0.25, -0.2) is 9.97 Å². The minimum Gasteiger partial charge on any atom is -0.347 e. The van der Waals surface area contributed by atoms with Crippen LogP contribution < -0.4 is 10.2 Å². The number of amides is 1. The number of anilines is 1. The number of rotatable bonds is 3. The molecular formula is C14H16N4OS. The van der Waals surface area contributed by atoms with Crippen molar-refractivity contribution in [3.8, 4) is 0 Å². The molecule has 6 heteroatoms. The topological polar surface area (TPSA) is 58.1 Å². The van der Waals surface area contributed by atoms with E-state index >= 15 is 0 Å². The van der Waals surface area contributed by atoms with Gasteiger partial charge in [-0.3, -0.25) is 4.79 Å². The molecule has 3 heterocycles. The monoisotopic (exact) mass is 288 g/mol. The van der Waals surface area contributed by atoms with Crippen LogP contribution in [0, 0.1) is 0 Å². The molecule has 0 saturated carbocycles. The second-order valence-electron chi connectivity index (χ2n) is 4.78. The Morgan fingerprint density at radius 3 is 2.95 bits per heavy atom. The van der Waals surface area contributed by atoms with Gasteiger partial charge >= 0.3 is 0 Å². The molecule has 1 unspecified atom stereocenters. The van der Waals surface area contributed by atoms with Crippen LogP contribution >= 0.6 is 11.3 Å². The number of hydrogen-bond acceptors (Lipinski definition) is 5. The standard InChI is InChI=1S/C14H16N4OS/c19-13(12-5-2-9-20-12)17-11-4-1-8-18(10-11)14-15-6-3-7-16-14/h2-3,5-7,9,11H,1,4,8,10H2,(H,17,19). The van der Waals surface area contributed by atoms with Crippen LogP contribution in [0.2, 0.25) is 0 Å². The Morgan fingerprint density at radius 1 is 1.35 bits per heavy atom. The SMILES string of the molecule is O=C(NC1CCCN(c2ncccn2)C1)c1cccs1. The number of thiophene rings is 1. The highest BCUT2D eigenvalue weighted by Gasteiger charge is 2.23. The van der Waals surface area contributed by atoms with Crippen molar-refractivity contribution in [2.75, 3.05) is 18.0 Å². The van der Waals surface area contributed by atoms with E-state index in [-0.39, 0.29) is 11.9 Å². The van der Waals surface area contributed by atoms with Gasteiger partial charge in [-0.1, -0.05) is 6.07 Å². The van der Waals surface area contributed by atoms with E-state index in [1.165, 1.54) is 11.3 Å². The number of nitrogens with one attached hydrogen (secondary N) is 1. The first-order valence-corrected chi connectivity index (χ1v) is 7.57. The molecule has 5 nitrogen and oxygen atoms in total. The lowest BCUT2D eigenvalue weighted by Gasteiger charge is -2.32. The average molecular weight is 288 g/mol. The van der Waals surface area contributed by atoms with Gasteiger partial charge in [0.05, 0.1) is 4.88 Å². The number of aromatic nitrogens is 2. The predicted molar refractivity (Wildman–Crippen MR) is 79.1 cm³/mol. The molecule has 1 N–H and O–H groups in total. The summed E-state index contributed by atoms with van der Waals surface area (Å²) >= 11 is 1.47. The Morgan fingerprint density at radius 2 is 2.20 bits per heavy atom. The summed E-state index contributed by atoms with van der Waals surface area (Å²) in [6.45, 7) is 1.70. The van der Waals surface area contributed by atoms with E-state index in [9.17, 15) is 4.79 Å². The molecule has 3 rings (SSSR count). The first-order chi connectivity index (χ1) is 9.83. The molecule has 1 amide bonds. The molecule has 1 fully saturated rings. The third-order valence-electron chi connectivity index (χ3n) is 3.34. The van der Waals surface area contributed by atoms with Gasteiger partial charge in [-0.05, 0) is 30.4 Å². The second kappa shape index (κ2) is 6.00. The van der Waals surface area contributed by atoms with Gasteiger partial charge in [-0.2, -0.15) is 0 Å². The Labute approximate surface area is 121 Å². The van der Waals surface area contributed by atoms with Crippen molar-refractivity contribution in [2.24, 2.45) is 0 Å². The van der Waals surface area contributed by atoms with Gasteiger partial charge < -0.3 is 10.2 Å². The summed E-state index contributed by atoms with van der Waals surface area (Å²) in [5.41, 5.74) is 0. The molecule has 0 radical (unpaired) electrons. The van der Waals surface area contributed by atoms with Crippen molar-refractivity contribution in [3.63, 3.8) is 0 Å². The van der Waals surface area contributed by atoms with Crippen LogP contribution in [-0.2, 0) is 0 Å². The molecule has 0 aliphatic carbocycles. The highest BCUT2D eigenvalue weighted by molar-refractivity contribution is 7.12. The van der Waals surface area contributed by atoms with Gasteiger partial charge in [0, 0.05) is 31.5 Å². The molecule has 1 aliphatic heterocycles. The van der Waals surface area contributed by atoms with E-state index in [1.54, 1.807) is 12.4 Å². The van der Waals surface area contributed by atoms with E-state index in [0.717, 1.165) is 36.8 Å². The van der Waals surface area contributed by atoms with Gasteiger partial charge in [0.15, 0.2) is 0 Å². The molecule has 104 valence electrons. The Hall–Kier alpha value is -1.95. The normalized spacial score (nSPS) is 18.8. The van der Waals surface area contributed by atoms with Crippen molar-refractivity contribution < 1.29 is 4.79 Å². The minimum atomic E-state index is 0.0147. The second-order valence-corrected chi connectivity index (χ2v) is 5.73. The Balaban J connectivity index is 1.62. The quantitative estimate of drug-likeness (QED) is 0.937. The highest BCUT2D eigenvalue weighted by atomic mass is 32.1. The van der Waals surface area contributed by atoms with Crippen LogP contribution in [0.3, 0.4) is 0 Å². The van der Waals surface area contributed by atoms with Gasteiger partial charge in [0.25, 0.3) is 5.91 Å². The Bertz CT molecular complexity index is 558. The number of hydrogen-bond donors (Lipinski definition) is 1. The van der Waals surface area contributed by atoms with Crippen LogP contribution in [-0.4, -0.2) is 35.0 Å². The van der Waals surface area contributed by atoms with E-state index < -0.39 is 0 Å². The van der Waals surface area contributed by atoms with Crippen molar-refractivity contribution in [1.29, 1.82) is 0 Å². The van der Waals surface area contributed by atoms with E-state index in [4.69, 9.17) is 0 Å². The number of carbonyl (C=O) groups excluding carboxylic acids is 1. The van der Waals surface area contributed by atoms with Crippen molar-refractivity contribution >= 4 is 23.2 Å². The molecule has 20 heavy (non-hydrogen) atoms. The lowest BCUT2D eigenvalue weighted by atomic mass is 10.1. The molecule has 2 aromatic heterocycles. The van der Waals surface area contributed by atoms with Crippen LogP contribution in [0.5, 0.6) is 0 Å². The fourth-order valence-electron chi connectivity index (χ4n) is 2.40. The minimum absolute atomic E-state index is 0.0147. The molecule has 1 atom stereocenters. The lowest BCUT2D eigenvalue weighted by Crippen LogP contribution is -2.48. The maximum atomic E-state index is 12.1. The summed E-state index contributed by atoms with van der Waals surface area (Å²) in [7, 11) is 0. The fourth-order valence-corrected chi connectivity index (χ4v) is 3.02. The van der Waals surface area contributed by atoms with Crippen molar-refractivity contribution in [2.45, 2.75) is 18.9 Å². The third kappa shape index (κ3) is 2.96. The number of piperidine rings is 1. The van der Waals surface area contributed by atoms with E-state index in [1.807, 2.05) is 23.6 Å².